The van der Waals surface area contributed by atoms with Gasteiger partial charge in [-0.05, 0) is 18.1 Å². The SMILES string of the molecule is CC[Si](CC)(CC)OCC(C)(C)CCl. The number of halogens is 1. The third-order valence-corrected chi connectivity index (χ3v) is 8.41. The molecule has 0 aromatic rings. The van der Waals surface area contributed by atoms with Crippen LogP contribution in [0, 0.1) is 5.41 Å². The minimum absolute atomic E-state index is 0.124. The molecule has 0 aliphatic rings. The molecule has 0 saturated heterocycles. The van der Waals surface area contributed by atoms with Crippen LogP contribution >= 0.6 is 11.6 Å². The number of hydrogen-bond donors (Lipinski definition) is 0. The van der Waals surface area contributed by atoms with Crippen LogP contribution in [-0.2, 0) is 4.43 Å². The Morgan fingerprint density at radius 2 is 1.50 bits per heavy atom. The zero-order valence-electron chi connectivity index (χ0n) is 10.3. The Hall–Kier alpha value is 0.467. The fourth-order valence-corrected chi connectivity index (χ4v) is 4.33. The summed E-state index contributed by atoms with van der Waals surface area (Å²) in [5, 5.41) is 0. The molecule has 0 aromatic heterocycles. The fraction of sp³-hybridized carbons (Fsp3) is 1.00. The number of hydrogen-bond acceptors (Lipinski definition) is 1. The van der Waals surface area contributed by atoms with E-state index in [1.165, 1.54) is 18.1 Å². The Kier molecular flexibility index (Phi) is 6.34. The van der Waals surface area contributed by atoms with E-state index >= 15 is 0 Å². The van der Waals surface area contributed by atoms with Crippen LogP contribution in [0.15, 0.2) is 0 Å². The molecule has 0 N–H and O–H groups in total. The van der Waals surface area contributed by atoms with Crippen molar-refractivity contribution >= 4 is 19.9 Å². The zero-order valence-corrected chi connectivity index (χ0v) is 12.1. The Balaban J connectivity index is 4.19. The molecule has 1 nitrogen and oxygen atoms in total. The van der Waals surface area contributed by atoms with Crippen molar-refractivity contribution in [2.75, 3.05) is 12.5 Å². The highest BCUT2D eigenvalue weighted by Crippen LogP contribution is 2.26. The highest BCUT2D eigenvalue weighted by Gasteiger charge is 2.31. The average molecular weight is 237 g/mol. The summed E-state index contributed by atoms with van der Waals surface area (Å²) in [5.41, 5.74) is 0.124. The van der Waals surface area contributed by atoms with E-state index in [1.54, 1.807) is 0 Å². The van der Waals surface area contributed by atoms with Crippen molar-refractivity contribution in [1.29, 1.82) is 0 Å². The molecule has 0 unspecified atom stereocenters. The van der Waals surface area contributed by atoms with Crippen LogP contribution in [0.1, 0.15) is 34.6 Å². The molecule has 0 aliphatic heterocycles. The molecule has 0 heterocycles. The largest absolute Gasteiger partial charge is 0.416 e. The third-order valence-electron chi connectivity index (χ3n) is 3.06. The van der Waals surface area contributed by atoms with Gasteiger partial charge in [0.2, 0.25) is 0 Å². The molecule has 0 rings (SSSR count). The second kappa shape index (κ2) is 6.14. The van der Waals surface area contributed by atoms with Gasteiger partial charge in [0.15, 0.2) is 8.32 Å². The van der Waals surface area contributed by atoms with Gasteiger partial charge in [-0.25, -0.2) is 0 Å². The predicted molar refractivity (Wildman–Crippen MR) is 67.7 cm³/mol. The van der Waals surface area contributed by atoms with Crippen molar-refractivity contribution in [2.24, 2.45) is 5.41 Å². The molecular weight excluding hydrogens is 212 g/mol. The molecule has 0 aliphatic carbocycles. The van der Waals surface area contributed by atoms with Crippen molar-refractivity contribution in [3.63, 3.8) is 0 Å². The van der Waals surface area contributed by atoms with Gasteiger partial charge in [0, 0.05) is 17.9 Å². The molecule has 0 spiro atoms. The second-order valence-electron chi connectivity index (χ2n) is 4.83. The van der Waals surface area contributed by atoms with Crippen LogP contribution in [0.3, 0.4) is 0 Å². The van der Waals surface area contributed by atoms with E-state index in [1.807, 2.05) is 0 Å². The van der Waals surface area contributed by atoms with Crippen LogP contribution in [0.5, 0.6) is 0 Å². The van der Waals surface area contributed by atoms with Crippen LogP contribution in [0.25, 0.3) is 0 Å². The van der Waals surface area contributed by atoms with Gasteiger partial charge in [0.05, 0.1) is 0 Å². The van der Waals surface area contributed by atoms with E-state index < -0.39 is 8.32 Å². The fourth-order valence-electron chi connectivity index (χ4n) is 1.44. The van der Waals surface area contributed by atoms with E-state index in [2.05, 4.69) is 34.6 Å². The first-order chi connectivity index (χ1) is 6.45. The quantitative estimate of drug-likeness (QED) is 0.474. The number of rotatable bonds is 7. The molecule has 0 amide bonds. The van der Waals surface area contributed by atoms with Gasteiger partial charge in [0.25, 0.3) is 0 Å². The summed E-state index contributed by atoms with van der Waals surface area (Å²) in [6, 6.07) is 3.66. The van der Waals surface area contributed by atoms with Crippen LogP contribution in [0.2, 0.25) is 18.1 Å². The lowest BCUT2D eigenvalue weighted by Gasteiger charge is -2.32. The van der Waals surface area contributed by atoms with E-state index in [9.17, 15) is 0 Å². The van der Waals surface area contributed by atoms with Gasteiger partial charge in [-0.3, -0.25) is 0 Å². The normalized spacial score (nSPS) is 13.3. The molecular formula is C11H25ClOSi. The van der Waals surface area contributed by atoms with Crippen LogP contribution in [-0.4, -0.2) is 20.8 Å². The summed E-state index contributed by atoms with van der Waals surface area (Å²) in [4.78, 5) is 0. The van der Waals surface area contributed by atoms with Gasteiger partial charge in [-0.15, -0.1) is 11.6 Å². The molecule has 3 heteroatoms. The summed E-state index contributed by atoms with van der Waals surface area (Å²) < 4.78 is 6.19. The highest BCUT2D eigenvalue weighted by atomic mass is 35.5. The zero-order chi connectivity index (χ0) is 11.2. The summed E-state index contributed by atoms with van der Waals surface area (Å²) in [7, 11) is -1.40. The van der Waals surface area contributed by atoms with Crippen molar-refractivity contribution in [2.45, 2.75) is 52.8 Å². The van der Waals surface area contributed by atoms with E-state index in [4.69, 9.17) is 16.0 Å². The minimum atomic E-state index is -1.40. The predicted octanol–water partition coefficient (Wildman–Crippen LogP) is 4.27. The van der Waals surface area contributed by atoms with Crippen molar-refractivity contribution in [1.82, 2.24) is 0 Å². The maximum absolute atomic E-state index is 6.19. The summed E-state index contributed by atoms with van der Waals surface area (Å²) in [5.74, 6) is 0.675. The minimum Gasteiger partial charge on any atom is -0.416 e. The Morgan fingerprint density at radius 3 is 1.79 bits per heavy atom. The molecule has 0 saturated carbocycles. The van der Waals surface area contributed by atoms with Crippen molar-refractivity contribution in [3.05, 3.63) is 0 Å². The third kappa shape index (κ3) is 4.33. The van der Waals surface area contributed by atoms with Gasteiger partial charge in [0.1, 0.15) is 0 Å². The van der Waals surface area contributed by atoms with Gasteiger partial charge in [-0.1, -0.05) is 34.6 Å². The molecule has 86 valence electrons. The summed E-state index contributed by atoms with van der Waals surface area (Å²) in [6.45, 7) is 11.9. The standard InChI is InChI=1S/C11H25ClOSi/c1-6-14(7-2,8-3)13-10-11(4,5)9-12/h6-10H2,1-5H3. The summed E-state index contributed by atoms with van der Waals surface area (Å²) >= 11 is 5.89. The molecule has 0 radical (unpaired) electrons. The molecule has 0 fully saturated rings. The molecule has 0 aromatic carbocycles. The number of alkyl halides is 1. The van der Waals surface area contributed by atoms with E-state index in [0.29, 0.717) is 5.88 Å². The lowest BCUT2D eigenvalue weighted by atomic mass is 9.99. The van der Waals surface area contributed by atoms with Crippen molar-refractivity contribution < 1.29 is 4.43 Å². The molecule has 14 heavy (non-hydrogen) atoms. The van der Waals surface area contributed by atoms with Gasteiger partial charge >= 0.3 is 0 Å². The highest BCUT2D eigenvalue weighted by molar-refractivity contribution is 6.73. The molecule has 0 bridgehead atoms. The van der Waals surface area contributed by atoms with E-state index in [0.717, 1.165) is 6.61 Å². The first kappa shape index (κ1) is 14.5. The van der Waals surface area contributed by atoms with Crippen LogP contribution in [0.4, 0.5) is 0 Å². The van der Waals surface area contributed by atoms with Gasteiger partial charge in [-0.2, -0.15) is 0 Å². The van der Waals surface area contributed by atoms with E-state index in [-0.39, 0.29) is 5.41 Å². The van der Waals surface area contributed by atoms with Crippen molar-refractivity contribution in [3.8, 4) is 0 Å². The molecule has 0 atom stereocenters. The lowest BCUT2D eigenvalue weighted by Crippen LogP contribution is -2.39. The first-order valence-corrected chi connectivity index (χ1v) is 8.71. The average Bonchev–Trinajstić information content (AvgIpc) is 2.21. The summed E-state index contributed by atoms with van der Waals surface area (Å²) in [6.07, 6.45) is 0. The Labute approximate surface area is 95.3 Å². The van der Waals surface area contributed by atoms with Gasteiger partial charge < -0.3 is 4.43 Å². The van der Waals surface area contributed by atoms with Crippen LogP contribution < -0.4 is 0 Å². The Bertz CT molecular complexity index is 147. The smallest absolute Gasteiger partial charge is 0.192 e. The maximum Gasteiger partial charge on any atom is 0.192 e. The first-order valence-electron chi connectivity index (χ1n) is 5.65. The topological polar surface area (TPSA) is 9.23 Å². The monoisotopic (exact) mass is 236 g/mol. The lowest BCUT2D eigenvalue weighted by molar-refractivity contribution is 0.188. The second-order valence-corrected chi connectivity index (χ2v) is 9.87. The maximum atomic E-state index is 6.19. The Morgan fingerprint density at radius 1 is 1.07 bits per heavy atom.